The molecule has 4 aromatic rings. The lowest BCUT2D eigenvalue weighted by Gasteiger charge is -2.14. The van der Waals surface area contributed by atoms with E-state index in [1.165, 1.54) is 6.07 Å². The van der Waals surface area contributed by atoms with Gasteiger partial charge < -0.3 is 19.8 Å². The lowest BCUT2D eigenvalue weighted by molar-refractivity contribution is 0.265. The van der Waals surface area contributed by atoms with Gasteiger partial charge in [0.05, 0.1) is 22.7 Å². The zero-order chi connectivity index (χ0) is 23.0. The SMILES string of the molecule is CCOc1cc(CNCCCc2nc3ccccc3[nH]2)ccc1OCc1c(F)cccc1Cl. The number of fused-ring (bicyclic) bond motifs is 1. The Kier molecular flexibility index (Phi) is 7.81. The number of benzene rings is 3. The largest absolute Gasteiger partial charge is 0.490 e. The molecule has 0 aliphatic heterocycles. The van der Waals surface area contributed by atoms with Crippen LogP contribution < -0.4 is 14.8 Å². The van der Waals surface area contributed by atoms with Gasteiger partial charge in [-0.1, -0.05) is 35.9 Å². The van der Waals surface area contributed by atoms with Crippen molar-refractivity contribution in [1.82, 2.24) is 15.3 Å². The Labute approximate surface area is 197 Å². The van der Waals surface area contributed by atoms with Crippen LogP contribution in [0.1, 0.15) is 30.3 Å². The number of nitrogens with zero attached hydrogens (tertiary/aromatic N) is 1. The Morgan fingerprint density at radius 2 is 1.91 bits per heavy atom. The second-order valence-corrected chi connectivity index (χ2v) is 8.09. The zero-order valence-electron chi connectivity index (χ0n) is 18.5. The van der Waals surface area contributed by atoms with Crippen LogP contribution in [-0.2, 0) is 19.6 Å². The number of ether oxygens (including phenoxy) is 2. The first kappa shape index (κ1) is 23.1. The predicted molar refractivity (Wildman–Crippen MR) is 129 cm³/mol. The number of H-pyrrole nitrogens is 1. The van der Waals surface area contributed by atoms with Gasteiger partial charge in [-0.05, 0) is 61.9 Å². The van der Waals surface area contributed by atoms with Crippen LogP contribution in [0.2, 0.25) is 5.02 Å². The molecule has 0 amide bonds. The number of rotatable bonds is 11. The van der Waals surface area contributed by atoms with E-state index in [1.54, 1.807) is 12.1 Å². The van der Waals surface area contributed by atoms with Gasteiger partial charge in [0.1, 0.15) is 18.2 Å². The second kappa shape index (κ2) is 11.2. The summed E-state index contributed by atoms with van der Waals surface area (Å²) in [5.74, 6) is 1.81. The summed E-state index contributed by atoms with van der Waals surface area (Å²) in [7, 11) is 0. The van der Waals surface area contributed by atoms with Gasteiger partial charge in [-0.2, -0.15) is 0 Å². The molecular formula is C26H27ClFN3O2. The molecule has 5 nitrogen and oxygen atoms in total. The van der Waals surface area contributed by atoms with E-state index in [0.29, 0.717) is 35.2 Å². The molecule has 0 aliphatic carbocycles. The van der Waals surface area contributed by atoms with Gasteiger partial charge in [0.2, 0.25) is 0 Å². The molecule has 3 aromatic carbocycles. The van der Waals surface area contributed by atoms with Crippen molar-refractivity contribution < 1.29 is 13.9 Å². The van der Waals surface area contributed by atoms with Gasteiger partial charge in [0, 0.05) is 18.5 Å². The van der Waals surface area contributed by atoms with Crippen LogP contribution in [0.4, 0.5) is 4.39 Å². The fourth-order valence-electron chi connectivity index (χ4n) is 3.61. The maximum Gasteiger partial charge on any atom is 0.161 e. The number of para-hydroxylation sites is 2. The van der Waals surface area contributed by atoms with E-state index in [-0.39, 0.29) is 12.4 Å². The summed E-state index contributed by atoms with van der Waals surface area (Å²) < 4.78 is 25.6. The highest BCUT2D eigenvalue weighted by Crippen LogP contribution is 2.30. The minimum atomic E-state index is -0.385. The summed E-state index contributed by atoms with van der Waals surface area (Å²) in [5.41, 5.74) is 3.49. The molecule has 0 aliphatic rings. The molecule has 1 heterocycles. The molecule has 0 radical (unpaired) electrons. The first-order valence-corrected chi connectivity index (χ1v) is 11.5. The van der Waals surface area contributed by atoms with E-state index >= 15 is 0 Å². The van der Waals surface area contributed by atoms with Crippen LogP contribution >= 0.6 is 11.6 Å². The highest BCUT2D eigenvalue weighted by molar-refractivity contribution is 6.31. The third kappa shape index (κ3) is 6.03. The zero-order valence-corrected chi connectivity index (χ0v) is 19.3. The molecule has 0 fully saturated rings. The Morgan fingerprint density at radius 3 is 2.73 bits per heavy atom. The minimum absolute atomic E-state index is 0.0327. The number of nitrogens with one attached hydrogen (secondary N) is 2. The summed E-state index contributed by atoms with van der Waals surface area (Å²) in [5, 5.41) is 3.81. The summed E-state index contributed by atoms with van der Waals surface area (Å²) in [6, 6.07) is 18.4. The third-order valence-electron chi connectivity index (χ3n) is 5.28. The van der Waals surface area contributed by atoms with Gasteiger partial charge >= 0.3 is 0 Å². The van der Waals surface area contributed by atoms with Crippen LogP contribution in [0.25, 0.3) is 11.0 Å². The quantitative estimate of drug-likeness (QED) is 0.263. The molecule has 0 saturated heterocycles. The molecule has 0 saturated carbocycles. The van der Waals surface area contributed by atoms with Crippen LogP contribution in [0, 0.1) is 5.82 Å². The number of aryl methyl sites for hydroxylation is 1. The van der Waals surface area contributed by atoms with Crippen LogP contribution in [0.3, 0.4) is 0 Å². The topological polar surface area (TPSA) is 59.2 Å². The normalized spacial score (nSPS) is 11.1. The third-order valence-corrected chi connectivity index (χ3v) is 5.63. The Balaban J connectivity index is 1.29. The van der Waals surface area contributed by atoms with Crippen molar-refractivity contribution in [2.75, 3.05) is 13.2 Å². The fraction of sp³-hybridized carbons (Fsp3) is 0.269. The maximum absolute atomic E-state index is 14.0. The van der Waals surface area contributed by atoms with E-state index in [0.717, 1.165) is 41.8 Å². The van der Waals surface area contributed by atoms with E-state index < -0.39 is 0 Å². The van der Waals surface area contributed by atoms with Crippen LogP contribution in [0.15, 0.2) is 60.7 Å². The standard InChI is InChI=1S/C26H27ClFN3O2/c1-2-32-25-15-18(12-13-24(25)33-17-19-20(27)7-5-8-21(19)28)16-29-14-6-11-26-30-22-9-3-4-10-23(22)31-26/h3-5,7-10,12-13,15,29H,2,6,11,14,16-17H2,1H3,(H,30,31). The van der Waals surface area contributed by atoms with Gasteiger partial charge in [0.25, 0.3) is 0 Å². The highest BCUT2D eigenvalue weighted by Gasteiger charge is 2.11. The van der Waals surface area contributed by atoms with Gasteiger partial charge in [-0.25, -0.2) is 9.37 Å². The summed E-state index contributed by atoms with van der Waals surface area (Å²) >= 11 is 6.10. The lowest BCUT2D eigenvalue weighted by atomic mass is 10.2. The van der Waals surface area contributed by atoms with Crippen molar-refractivity contribution >= 4 is 22.6 Å². The Hall–Kier alpha value is -3.09. The van der Waals surface area contributed by atoms with Gasteiger partial charge in [-0.3, -0.25) is 0 Å². The summed E-state index contributed by atoms with van der Waals surface area (Å²) in [6.07, 6.45) is 1.86. The molecular weight excluding hydrogens is 441 g/mol. The predicted octanol–water partition coefficient (Wildman–Crippen LogP) is 6.06. The number of hydrogen-bond acceptors (Lipinski definition) is 4. The van der Waals surface area contributed by atoms with E-state index in [1.807, 2.05) is 49.4 Å². The van der Waals surface area contributed by atoms with Crippen molar-refractivity contribution in [3.05, 3.63) is 88.5 Å². The molecule has 2 N–H and O–H groups in total. The van der Waals surface area contributed by atoms with E-state index in [4.69, 9.17) is 21.1 Å². The Bertz CT molecular complexity index is 1160. The Morgan fingerprint density at radius 1 is 1.03 bits per heavy atom. The van der Waals surface area contributed by atoms with Gasteiger partial charge in [0.15, 0.2) is 11.5 Å². The van der Waals surface area contributed by atoms with E-state index in [9.17, 15) is 4.39 Å². The number of aromatic amines is 1. The first-order chi connectivity index (χ1) is 16.1. The first-order valence-electron chi connectivity index (χ1n) is 11.1. The highest BCUT2D eigenvalue weighted by atomic mass is 35.5. The van der Waals surface area contributed by atoms with Gasteiger partial charge in [-0.15, -0.1) is 0 Å². The molecule has 0 atom stereocenters. The maximum atomic E-state index is 14.0. The summed E-state index contributed by atoms with van der Waals surface area (Å²) in [6.45, 7) is 4.03. The molecule has 1 aromatic heterocycles. The summed E-state index contributed by atoms with van der Waals surface area (Å²) in [4.78, 5) is 7.98. The fourth-order valence-corrected chi connectivity index (χ4v) is 3.83. The average molecular weight is 468 g/mol. The molecule has 0 spiro atoms. The molecule has 7 heteroatoms. The van der Waals surface area contributed by atoms with Crippen LogP contribution in [0.5, 0.6) is 11.5 Å². The number of hydrogen-bond donors (Lipinski definition) is 2. The van der Waals surface area contributed by atoms with Crippen molar-refractivity contribution in [2.45, 2.75) is 32.9 Å². The average Bonchev–Trinajstić information content (AvgIpc) is 3.23. The van der Waals surface area contributed by atoms with Crippen molar-refractivity contribution in [3.8, 4) is 11.5 Å². The monoisotopic (exact) mass is 467 g/mol. The van der Waals surface area contributed by atoms with Crippen molar-refractivity contribution in [1.29, 1.82) is 0 Å². The molecule has 0 bridgehead atoms. The second-order valence-electron chi connectivity index (χ2n) is 7.68. The molecule has 0 unspecified atom stereocenters. The number of halogens is 2. The smallest absolute Gasteiger partial charge is 0.161 e. The molecule has 33 heavy (non-hydrogen) atoms. The molecule has 4 rings (SSSR count). The number of imidazole rings is 1. The van der Waals surface area contributed by atoms with Crippen molar-refractivity contribution in [2.24, 2.45) is 0 Å². The van der Waals surface area contributed by atoms with Crippen LogP contribution in [-0.4, -0.2) is 23.1 Å². The lowest BCUT2D eigenvalue weighted by Crippen LogP contribution is -2.15. The molecule has 172 valence electrons. The van der Waals surface area contributed by atoms with Crippen molar-refractivity contribution in [3.63, 3.8) is 0 Å². The van der Waals surface area contributed by atoms with E-state index in [2.05, 4.69) is 15.3 Å². The number of aromatic nitrogens is 2. The minimum Gasteiger partial charge on any atom is -0.490 e.